The number of aliphatic hydroxyl groups excluding tert-OH is 1. The summed E-state index contributed by atoms with van der Waals surface area (Å²) >= 11 is 5.66. The molecule has 2 aromatic heterocycles. The average Bonchev–Trinajstić information content (AvgIpc) is 2.76. The van der Waals surface area contributed by atoms with Gasteiger partial charge in [-0.2, -0.15) is 0 Å². The Kier molecular flexibility index (Phi) is 3.92. The SMILES string of the molecule is OCc1nc2c(N3CCOCC3)nc(I)cn2c1Br. The van der Waals surface area contributed by atoms with Crippen LogP contribution in [0.25, 0.3) is 5.65 Å². The van der Waals surface area contributed by atoms with Gasteiger partial charge in [-0.05, 0) is 38.5 Å². The van der Waals surface area contributed by atoms with E-state index in [1.807, 2.05) is 10.6 Å². The minimum Gasteiger partial charge on any atom is -0.390 e. The Bertz CT molecular complexity index is 612. The Morgan fingerprint density at radius 1 is 1.37 bits per heavy atom. The molecule has 1 saturated heterocycles. The summed E-state index contributed by atoms with van der Waals surface area (Å²) in [6.45, 7) is 2.92. The standard InChI is InChI=1S/C11H12BrIN4O2/c12-9-7(6-18)14-11-10(15-8(13)5-17(9)11)16-1-3-19-4-2-16/h5,18H,1-4,6H2. The van der Waals surface area contributed by atoms with Gasteiger partial charge < -0.3 is 14.7 Å². The van der Waals surface area contributed by atoms with Gasteiger partial charge >= 0.3 is 0 Å². The van der Waals surface area contributed by atoms with Crippen LogP contribution in [0.4, 0.5) is 5.82 Å². The summed E-state index contributed by atoms with van der Waals surface area (Å²) in [5.41, 5.74) is 1.39. The molecule has 3 rings (SSSR count). The normalized spacial score (nSPS) is 16.3. The third-order valence-corrected chi connectivity index (χ3v) is 4.39. The van der Waals surface area contributed by atoms with E-state index in [0.717, 1.165) is 32.9 Å². The summed E-state index contributed by atoms with van der Waals surface area (Å²) in [5.74, 6) is 0.843. The number of ether oxygens (including phenoxy) is 1. The summed E-state index contributed by atoms with van der Waals surface area (Å²) in [6.07, 6.45) is 1.90. The molecule has 1 aliphatic rings. The Labute approximate surface area is 132 Å². The number of imidazole rings is 1. The molecule has 0 radical (unpaired) electrons. The topological polar surface area (TPSA) is 62.9 Å². The molecular formula is C11H12BrIN4O2. The van der Waals surface area contributed by atoms with E-state index in [2.05, 4.69) is 53.4 Å². The zero-order chi connectivity index (χ0) is 13.4. The monoisotopic (exact) mass is 438 g/mol. The fourth-order valence-electron chi connectivity index (χ4n) is 2.11. The first-order valence-corrected chi connectivity index (χ1v) is 7.74. The van der Waals surface area contributed by atoms with Crippen molar-refractivity contribution in [3.8, 4) is 0 Å². The van der Waals surface area contributed by atoms with Crippen LogP contribution in [0.15, 0.2) is 10.8 Å². The Morgan fingerprint density at radius 2 is 2.11 bits per heavy atom. The quantitative estimate of drug-likeness (QED) is 0.718. The number of rotatable bonds is 2. The molecule has 0 saturated carbocycles. The van der Waals surface area contributed by atoms with Crippen molar-refractivity contribution in [2.24, 2.45) is 0 Å². The van der Waals surface area contributed by atoms with Crippen LogP contribution in [0.1, 0.15) is 5.69 Å². The summed E-state index contributed by atoms with van der Waals surface area (Å²) < 4.78 is 8.95. The summed E-state index contributed by atoms with van der Waals surface area (Å²) in [7, 11) is 0. The number of aliphatic hydroxyl groups is 1. The highest BCUT2D eigenvalue weighted by Crippen LogP contribution is 2.26. The van der Waals surface area contributed by atoms with E-state index >= 15 is 0 Å². The summed E-state index contributed by atoms with van der Waals surface area (Å²) in [4.78, 5) is 11.2. The molecule has 2 aromatic rings. The molecule has 8 heteroatoms. The summed E-state index contributed by atoms with van der Waals surface area (Å²) in [6, 6.07) is 0. The molecule has 1 N–H and O–H groups in total. The lowest BCUT2D eigenvalue weighted by molar-refractivity contribution is 0.122. The molecule has 0 spiro atoms. The molecule has 0 aromatic carbocycles. The average molecular weight is 439 g/mol. The van der Waals surface area contributed by atoms with Crippen LogP contribution in [0.3, 0.4) is 0 Å². The zero-order valence-electron chi connectivity index (χ0n) is 10.0. The van der Waals surface area contributed by atoms with Gasteiger partial charge in [-0.15, -0.1) is 0 Å². The molecular weight excluding hydrogens is 427 g/mol. The van der Waals surface area contributed by atoms with E-state index in [9.17, 15) is 5.11 Å². The second-order valence-electron chi connectivity index (χ2n) is 4.19. The van der Waals surface area contributed by atoms with E-state index in [4.69, 9.17) is 4.74 Å². The van der Waals surface area contributed by atoms with Crippen molar-refractivity contribution in [1.29, 1.82) is 0 Å². The highest BCUT2D eigenvalue weighted by molar-refractivity contribution is 14.1. The van der Waals surface area contributed by atoms with Gasteiger partial charge in [0.05, 0.1) is 25.5 Å². The predicted octanol–water partition coefficient (Wildman–Crippen LogP) is 1.43. The smallest absolute Gasteiger partial charge is 0.181 e. The van der Waals surface area contributed by atoms with Crippen molar-refractivity contribution in [3.05, 3.63) is 20.2 Å². The maximum atomic E-state index is 9.33. The fraction of sp³-hybridized carbons (Fsp3) is 0.455. The first-order valence-electron chi connectivity index (χ1n) is 5.87. The predicted molar refractivity (Wildman–Crippen MR) is 82.4 cm³/mol. The summed E-state index contributed by atoms with van der Waals surface area (Å²) in [5, 5.41) is 9.33. The van der Waals surface area contributed by atoms with Crippen LogP contribution in [-0.4, -0.2) is 45.8 Å². The van der Waals surface area contributed by atoms with E-state index in [-0.39, 0.29) is 6.61 Å². The highest BCUT2D eigenvalue weighted by atomic mass is 127. The largest absolute Gasteiger partial charge is 0.390 e. The molecule has 0 unspecified atom stereocenters. The minimum absolute atomic E-state index is 0.0958. The zero-order valence-corrected chi connectivity index (χ0v) is 13.8. The number of hydrogen-bond acceptors (Lipinski definition) is 5. The van der Waals surface area contributed by atoms with Gasteiger partial charge in [-0.3, -0.25) is 4.40 Å². The van der Waals surface area contributed by atoms with Crippen molar-refractivity contribution in [3.63, 3.8) is 0 Å². The second kappa shape index (κ2) is 5.51. The van der Waals surface area contributed by atoms with Gasteiger partial charge in [0.1, 0.15) is 8.30 Å². The Balaban J connectivity index is 2.17. The molecule has 0 atom stereocenters. The first-order chi connectivity index (χ1) is 9.20. The lowest BCUT2D eigenvalue weighted by Gasteiger charge is -2.28. The lowest BCUT2D eigenvalue weighted by Crippen LogP contribution is -2.37. The third-order valence-electron chi connectivity index (χ3n) is 3.03. The van der Waals surface area contributed by atoms with Gasteiger partial charge in [0.15, 0.2) is 11.5 Å². The third kappa shape index (κ3) is 2.46. The molecule has 102 valence electrons. The van der Waals surface area contributed by atoms with Gasteiger partial charge in [0.2, 0.25) is 0 Å². The second-order valence-corrected chi connectivity index (χ2v) is 6.04. The van der Waals surface area contributed by atoms with E-state index in [0.29, 0.717) is 18.9 Å². The number of aromatic nitrogens is 3. The van der Waals surface area contributed by atoms with Crippen LogP contribution in [-0.2, 0) is 11.3 Å². The van der Waals surface area contributed by atoms with Crippen LogP contribution in [0.2, 0.25) is 0 Å². The van der Waals surface area contributed by atoms with Crippen LogP contribution < -0.4 is 4.90 Å². The Hall–Kier alpha value is -0.450. The molecule has 1 aliphatic heterocycles. The van der Waals surface area contributed by atoms with E-state index in [1.54, 1.807) is 0 Å². The molecule has 1 fully saturated rings. The van der Waals surface area contributed by atoms with E-state index < -0.39 is 0 Å². The number of anilines is 1. The molecule has 0 amide bonds. The van der Waals surface area contributed by atoms with E-state index in [1.165, 1.54) is 0 Å². The van der Waals surface area contributed by atoms with Crippen molar-refractivity contribution >= 4 is 50.0 Å². The molecule has 0 bridgehead atoms. The van der Waals surface area contributed by atoms with Crippen LogP contribution in [0.5, 0.6) is 0 Å². The number of nitrogens with zero attached hydrogens (tertiary/aromatic N) is 4. The minimum atomic E-state index is -0.0958. The van der Waals surface area contributed by atoms with Gasteiger partial charge in [-0.1, -0.05) is 0 Å². The number of hydrogen-bond donors (Lipinski definition) is 1. The Morgan fingerprint density at radius 3 is 2.79 bits per heavy atom. The molecule has 6 nitrogen and oxygen atoms in total. The van der Waals surface area contributed by atoms with Crippen molar-refractivity contribution in [2.75, 3.05) is 31.2 Å². The van der Waals surface area contributed by atoms with Gasteiger partial charge in [-0.25, -0.2) is 9.97 Å². The van der Waals surface area contributed by atoms with Gasteiger partial charge in [0.25, 0.3) is 0 Å². The number of fused-ring (bicyclic) bond motifs is 1. The lowest BCUT2D eigenvalue weighted by atomic mass is 10.4. The highest BCUT2D eigenvalue weighted by Gasteiger charge is 2.20. The molecule has 3 heterocycles. The first kappa shape index (κ1) is 13.5. The van der Waals surface area contributed by atoms with Crippen molar-refractivity contribution in [1.82, 2.24) is 14.4 Å². The number of halogens is 2. The number of morpholine rings is 1. The van der Waals surface area contributed by atoms with Crippen molar-refractivity contribution in [2.45, 2.75) is 6.61 Å². The van der Waals surface area contributed by atoms with Gasteiger partial charge in [0, 0.05) is 19.3 Å². The molecule has 0 aliphatic carbocycles. The maximum Gasteiger partial charge on any atom is 0.181 e. The molecule has 19 heavy (non-hydrogen) atoms. The van der Waals surface area contributed by atoms with Crippen molar-refractivity contribution < 1.29 is 9.84 Å². The van der Waals surface area contributed by atoms with Crippen LogP contribution in [0, 0.1) is 3.70 Å². The van der Waals surface area contributed by atoms with Crippen LogP contribution >= 0.6 is 38.5 Å². The fourth-order valence-corrected chi connectivity index (χ4v) is 3.10. The maximum absolute atomic E-state index is 9.33.